The zero-order chi connectivity index (χ0) is 30.8. The zero-order valence-corrected chi connectivity index (χ0v) is 20.7. The van der Waals surface area contributed by atoms with Crippen molar-refractivity contribution in [2.24, 2.45) is 5.92 Å². The van der Waals surface area contributed by atoms with E-state index in [4.69, 9.17) is 0 Å². The summed E-state index contributed by atoms with van der Waals surface area (Å²) in [5, 5.41) is 0. The highest BCUT2D eigenvalue weighted by Gasteiger charge is 2.63. The standard InChI is InChI=1S/C15F16.C7H17P/c16-5-2(6(17)10(21)12(23)9(5)20)1-3(13(24,25)15(29,30)31)7(18)11(22)8(19)4(1)14(26,27)28;1-4-5-7(2)6-8-3/h;7-8H,4-6H2,1-3H3. The van der Waals surface area contributed by atoms with Gasteiger partial charge in [-0.3, -0.25) is 0 Å². The van der Waals surface area contributed by atoms with E-state index in [1.807, 2.05) is 0 Å². The molecule has 0 spiro atoms. The molecule has 0 N–H and O–H groups in total. The fourth-order valence-electron chi connectivity index (χ4n) is 3.38. The van der Waals surface area contributed by atoms with E-state index in [1.165, 1.54) is 19.0 Å². The van der Waals surface area contributed by atoms with Gasteiger partial charge in [-0.1, -0.05) is 26.7 Å². The molecule has 222 valence electrons. The van der Waals surface area contributed by atoms with Gasteiger partial charge in [0.1, 0.15) is 5.56 Å². The second kappa shape index (κ2) is 12.5. The molecule has 2 rings (SSSR count). The van der Waals surface area contributed by atoms with E-state index in [1.54, 1.807) is 0 Å². The van der Waals surface area contributed by atoms with Crippen LogP contribution in [0, 0.1) is 52.5 Å². The molecule has 0 heterocycles. The van der Waals surface area contributed by atoms with Gasteiger partial charge in [0.2, 0.25) is 5.82 Å². The van der Waals surface area contributed by atoms with Gasteiger partial charge >= 0.3 is 18.3 Å². The molecule has 2 aromatic carbocycles. The monoisotopic (exact) mass is 616 g/mol. The molecule has 39 heavy (non-hydrogen) atoms. The highest BCUT2D eigenvalue weighted by molar-refractivity contribution is 7.36. The first kappa shape index (κ1) is 34.8. The highest BCUT2D eigenvalue weighted by Crippen LogP contribution is 2.53. The Bertz CT molecular complexity index is 1150. The van der Waals surface area contributed by atoms with Crippen molar-refractivity contribution in [2.45, 2.75) is 45.0 Å². The van der Waals surface area contributed by atoms with Gasteiger partial charge in [-0.25, -0.2) is 35.1 Å². The van der Waals surface area contributed by atoms with E-state index in [2.05, 4.69) is 20.5 Å². The van der Waals surface area contributed by atoms with Gasteiger partial charge in [0.15, 0.2) is 40.7 Å². The highest BCUT2D eigenvalue weighted by atomic mass is 31.1. The normalized spacial score (nSPS) is 13.6. The average molecular weight is 616 g/mol. The summed E-state index contributed by atoms with van der Waals surface area (Å²) in [6.07, 6.45) is -9.48. The van der Waals surface area contributed by atoms with Crippen LogP contribution in [0.5, 0.6) is 0 Å². The molecule has 0 aliphatic carbocycles. The Morgan fingerprint density at radius 1 is 0.590 bits per heavy atom. The summed E-state index contributed by atoms with van der Waals surface area (Å²) in [5.74, 6) is -33.2. The second-order valence-corrected chi connectivity index (χ2v) is 9.15. The SMILES string of the molecule is CCCC(C)CPC.Fc1c(F)c(F)c(-c2c(C(F)(F)F)c(F)c(F)c(F)c2C(F)(F)C(F)(F)F)c(F)c1F. The summed E-state index contributed by atoms with van der Waals surface area (Å²) >= 11 is 0. The Morgan fingerprint density at radius 2 is 0.974 bits per heavy atom. The minimum Gasteiger partial charge on any atom is -0.203 e. The lowest BCUT2D eigenvalue weighted by Gasteiger charge is -2.26. The third-order valence-electron chi connectivity index (χ3n) is 5.07. The molecule has 0 radical (unpaired) electrons. The van der Waals surface area contributed by atoms with Crippen LogP contribution in [-0.4, -0.2) is 19.0 Å². The van der Waals surface area contributed by atoms with Gasteiger partial charge in [-0.05, 0) is 18.7 Å². The predicted molar refractivity (Wildman–Crippen MR) is 110 cm³/mol. The van der Waals surface area contributed by atoms with Gasteiger partial charge in [0.25, 0.3) is 0 Å². The van der Waals surface area contributed by atoms with Crippen molar-refractivity contribution in [2.75, 3.05) is 12.8 Å². The second-order valence-electron chi connectivity index (χ2n) is 8.03. The molecule has 0 aromatic heterocycles. The molecule has 2 unspecified atom stereocenters. The molecule has 0 nitrogen and oxygen atoms in total. The van der Waals surface area contributed by atoms with Crippen LogP contribution in [0.15, 0.2) is 0 Å². The molecule has 0 saturated carbocycles. The maximum absolute atomic E-state index is 13.9. The van der Waals surface area contributed by atoms with Crippen molar-refractivity contribution in [3.05, 3.63) is 57.7 Å². The van der Waals surface area contributed by atoms with Crippen molar-refractivity contribution in [3.63, 3.8) is 0 Å². The van der Waals surface area contributed by atoms with E-state index in [-0.39, 0.29) is 0 Å². The summed E-state index contributed by atoms with van der Waals surface area (Å²) in [6, 6.07) is 0. The van der Waals surface area contributed by atoms with Gasteiger partial charge in [0, 0.05) is 5.56 Å². The topological polar surface area (TPSA) is 0 Å². The number of hydrogen-bond acceptors (Lipinski definition) is 0. The van der Waals surface area contributed by atoms with Crippen molar-refractivity contribution < 1.29 is 70.2 Å². The molecular weight excluding hydrogens is 599 g/mol. The molecule has 0 aliphatic rings. The van der Waals surface area contributed by atoms with E-state index in [9.17, 15) is 70.2 Å². The number of hydrogen-bond donors (Lipinski definition) is 0. The third-order valence-corrected chi connectivity index (χ3v) is 6.18. The molecule has 0 amide bonds. The van der Waals surface area contributed by atoms with Crippen molar-refractivity contribution in [3.8, 4) is 11.1 Å². The number of alkyl halides is 8. The average Bonchev–Trinajstić information content (AvgIpc) is 2.79. The molecule has 0 fully saturated rings. The van der Waals surface area contributed by atoms with E-state index < -0.39 is 87.1 Å². The molecule has 0 aliphatic heterocycles. The van der Waals surface area contributed by atoms with E-state index in [0.717, 1.165) is 14.5 Å². The Labute approximate surface area is 212 Å². The smallest absolute Gasteiger partial charge is 0.203 e. The fraction of sp³-hybridized carbons (Fsp3) is 0.455. The lowest BCUT2D eigenvalue weighted by Crippen LogP contribution is -2.36. The lowest BCUT2D eigenvalue weighted by atomic mass is 9.88. The first-order valence-corrected chi connectivity index (χ1v) is 12.2. The zero-order valence-electron chi connectivity index (χ0n) is 19.7. The maximum atomic E-state index is 13.9. The van der Waals surface area contributed by atoms with Crippen LogP contribution in [0.3, 0.4) is 0 Å². The first-order valence-electron chi connectivity index (χ1n) is 10.5. The third kappa shape index (κ3) is 6.91. The lowest BCUT2D eigenvalue weighted by molar-refractivity contribution is -0.290. The van der Waals surface area contributed by atoms with Crippen molar-refractivity contribution in [1.82, 2.24) is 0 Å². The van der Waals surface area contributed by atoms with Gasteiger partial charge in [0.05, 0.1) is 11.1 Å². The summed E-state index contributed by atoms with van der Waals surface area (Å²) in [7, 11) is 1.15. The molecular formula is C22H17F16P. The summed E-state index contributed by atoms with van der Waals surface area (Å²) in [4.78, 5) is 0. The molecule has 0 bridgehead atoms. The van der Waals surface area contributed by atoms with Crippen molar-refractivity contribution >= 4 is 8.58 Å². The summed E-state index contributed by atoms with van der Waals surface area (Å²) in [6.45, 7) is 6.89. The van der Waals surface area contributed by atoms with Gasteiger partial charge in [-0.2, -0.15) is 35.1 Å². The van der Waals surface area contributed by atoms with Gasteiger partial charge < -0.3 is 0 Å². The Hall–Kier alpha value is -2.25. The van der Waals surface area contributed by atoms with Crippen LogP contribution >= 0.6 is 8.58 Å². The minimum atomic E-state index is -7.10. The number of rotatable bonds is 6. The van der Waals surface area contributed by atoms with Crippen LogP contribution in [0.25, 0.3) is 11.1 Å². The molecule has 0 saturated heterocycles. The number of benzene rings is 2. The Kier molecular flexibility index (Phi) is 11.2. The van der Waals surface area contributed by atoms with Crippen LogP contribution in [-0.2, 0) is 12.1 Å². The largest absolute Gasteiger partial charge is 0.458 e. The number of halogens is 16. The fourth-order valence-corrected chi connectivity index (χ4v) is 4.28. The van der Waals surface area contributed by atoms with Crippen LogP contribution < -0.4 is 0 Å². The van der Waals surface area contributed by atoms with Gasteiger partial charge in [-0.15, -0.1) is 8.58 Å². The van der Waals surface area contributed by atoms with Crippen LogP contribution in [0.4, 0.5) is 70.2 Å². The van der Waals surface area contributed by atoms with Crippen molar-refractivity contribution in [1.29, 1.82) is 0 Å². The maximum Gasteiger partial charge on any atom is 0.458 e. The molecule has 17 heteroatoms. The summed E-state index contributed by atoms with van der Waals surface area (Å²) in [5.41, 5.74) is -14.2. The quantitative estimate of drug-likeness (QED) is 0.131. The predicted octanol–water partition coefficient (Wildman–Crippen LogP) is 9.87. The first-order chi connectivity index (χ1) is 17.6. The Morgan fingerprint density at radius 3 is 1.33 bits per heavy atom. The molecule has 2 aromatic rings. The summed E-state index contributed by atoms with van der Waals surface area (Å²) < 4.78 is 214. The molecule has 2 atom stereocenters. The van der Waals surface area contributed by atoms with E-state index in [0.29, 0.717) is 0 Å². The van der Waals surface area contributed by atoms with Crippen LogP contribution in [0.1, 0.15) is 37.8 Å². The van der Waals surface area contributed by atoms with E-state index >= 15 is 0 Å². The van der Waals surface area contributed by atoms with Crippen LogP contribution in [0.2, 0.25) is 0 Å². The minimum absolute atomic E-state index is 0.975. The Balaban J connectivity index is 0.000000824.